The highest BCUT2D eigenvalue weighted by Crippen LogP contribution is 2.29. The number of piperazine rings is 1. The lowest BCUT2D eigenvalue weighted by Crippen LogP contribution is -2.47. The van der Waals surface area contributed by atoms with Crippen molar-refractivity contribution < 1.29 is 4.79 Å². The summed E-state index contributed by atoms with van der Waals surface area (Å²) < 4.78 is 5.95. The smallest absolute Gasteiger partial charge is 0.257 e. The molecule has 1 aliphatic heterocycles. The molecule has 3 heterocycles. The second kappa shape index (κ2) is 9.46. The Morgan fingerprint density at radius 1 is 1.00 bits per heavy atom. The van der Waals surface area contributed by atoms with Gasteiger partial charge in [-0.25, -0.2) is 0 Å². The van der Waals surface area contributed by atoms with Gasteiger partial charge in [-0.3, -0.25) is 14.7 Å². The molecule has 0 aliphatic carbocycles. The predicted octanol–water partition coefficient (Wildman–Crippen LogP) is 4.31. The number of anilines is 2. The van der Waals surface area contributed by atoms with E-state index in [1.807, 2.05) is 12.1 Å². The first-order valence-corrected chi connectivity index (χ1v) is 11.7. The third-order valence-electron chi connectivity index (χ3n) is 5.86. The van der Waals surface area contributed by atoms with Crippen LogP contribution in [0.4, 0.5) is 11.5 Å². The average molecular weight is 444 g/mol. The molecule has 4 aromatic rings. The third kappa shape index (κ3) is 4.64. The summed E-state index contributed by atoms with van der Waals surface area (Å²) >= 11 is 1.58. The highest BCUT2D eigenvalue weighted by molar-refractivity contribution is 7.13. The van der Waals surface area contributed by atoms with E-state index < -0.39 is 0 Å². The Morgan fingerprint density at radius 3 is 2.72 bits per heavy atom. The van der Waals surface area contributed by atoms with Crippen LogP contribution in [0.5, 0.6) is 0 Å². The van der Waals surface area contributed by atoms with Crippen LogP contribution in [0.15, 0.2) is 73.1 Å². The largest absolute Gasteiger partial charge is 0.353 e. The quantitative estimate of drug-likeness (QED) is 0.481. The van der Waals surface area contributed by atoms with Gasteiger partial charge in [-0.05, 0) is 59.9 Å². The summed E-state index contributed by atoms with van der Waals surface area (Å²) in [6, 6.07) is 20.1. The number of hydrogen-bond acceptors (Lipinski definition) is 6. The maximum Gasteiger partial charge on any atom is 0.257 e. The summed E-state index contributed by atoms with van der Waals surface area (Å²) in [5.74, 6) is 0.989. The summed E-state index contributed by atoms with van der Waals surface area (Å²) in [6.07, 6.45) is 4.19. The lowest BCUT2D eigenvalue weighted by atomic mass is 10.1. The summed E-state index contributed by atoms with van der Waals surface area (Å²) in [5, 5.41) is 4.23. The summed E-state index contributed by atoms with van der Waals surface area (Å²) in [5.41, 5.74) is 2.60. The van der Waals surface area contributed by atoms with Gasteiger partial charge in [0.25, 0.3) is 5.91 Å². The van der Waals surface area contributed by atoms with Crippen molar-refractivity contribution in [2.24, 2.45) is 0 Å². The Morgan fingerprint density at radius 2 is 1.88 bits per heavy atom. The molecule has 0 saturated carbocycles. The number of nitrogens with zero attached hydrogens (tertiary/aromatic N) is 4. The van der Waals surface area contributed by atoms with Gasteiger partial charge in [-0.1, -0.05) is 24.3 Å². The Hall–Kier alpha value is -3.29. The van der Waals surface area contributed by atoms with Crippen LogP contribution in [0.2, 0.25) is 0 Å². The topological polar surface area (TPSA) is 61.4 Å². The molecule has 32 heavy (non-hydrogen) atoms. The van der Waals surface area contributed by atoms with E-state index in [0.29, 0.717) is 5.56 Å². The Labute approximate surface area is 191 Å². The van der Waals surface area contributed by atoms with Gasteiger partial charge in [-0.2, -0.15) is 4.37 Å². The van der Waals surface area contributed by atoms with Crippen molar-refractivity contribution in [3.05, 3.63) is 84.2 Å². The van der Waals surface area contributed by atoms with Gasteiger partial charge in [0.05, 0.1) is 10.3 Å². The zero-order valence-electron chi connectivity index (χ0n) is 17.8. The fourth-order valence-electron chi connectivity index (χ4n) is 4.08. The number of carbonyl (C=O) groups excluding carboxylic acids is 1. The Balaban J connectivity index is 1.14. The van der Waals surface area contributed by atoms with Crippen molar-refractivity contribution in [2.45, 2.75) is 6.42 Å². The number of hydrogen-bond donors (Lipinski definition) is 1. The number of nitrogens with one attached hydrogen (secondary N) is 1. The van der Waals surface area contributed by atoms with Gasteiger partial charge in [0.1, 0.15) is 5.82 Å². The maximum atomic E-state index is 12.4. The van der Waals surface area contributed by atoms with Crippen molar-refractivity contribution >= 4 is 39.0 Å². The number of pyridine rings is 1. The molecule has 1 N–H and O–H groups in total. The first-order chi connectivity index (χ1) is 15.8. The monoisotopic (exact) mass is 443 g/mol. The Bertz CT molecular complexity index is 1200. The van der Waals surface area contributed by atoms with Crippen LogP contribution < -0.4 is 10.2 Å². The fourth-order valence-corrected chi connectivity index (χ4v) is 4.87. The van der Waals surface area contributed by atoms with Crippen molar-refractivity contribution in [3.63, 3.8) is 0 Å². The molecule has 1 saturated heterocycles. The van der Waals surface area contributed by atoms with Gasteiger partial charge in [0.2, 0.25) is 0 Å². The average Bonchev–Trinajstić information content (AvgIpc) is 3.28. The van der Waals surface area contributed by atoms with E-state index in [9.17, 15) is 4.79 Å². The summed E-state index contributed by atoms with van der Waals surface area (Å²) in [6.45, 7) is 5.06. The highest BCUT2D eigenvalue weighted by atomic mass is 32.1. The van der Waals surface area contributed by atoms with E-state index in [1.54, 1.807) is 36.1 Å². The molecule has 6 nitrogen and oxygen atoms in total. The minimum atomic E-state index is -0.138. The molecule has 7 heteroatoms. The first kappa shape index (κ1) is 20.6. The van der Waals surface area contributed by atoms with Crippen molar-refractivity contribution in [1.29, 1.82) is 0 Å². The van der Waals surface area contributed by atoms with Crippen molar-refractivity contribution in [3.8, 4) is 0 Å². The zero-order chi connectivity index (χ0) is 21.8. The minimum absolute atomic E-state index is 0.138. The molecular formula is C25H25N5OS. The number of amides is 1. The third-order valence-corrected chi connectivity index (χ3v) is 6.67. The molecule has 0 bridgehead atoms. The standard InChI is InChI=1S/C25H25N5OS/c31-25(20-6-4-11-26-18-20)27-21-7-3-5-19(17-21)10-12-29-13-15-30(16-14-29)24-22-8-1-2-9-23(22)32-28-24/h1-9,11,17-18H,10,12-16H2,(H,27,31). The number of rotatable bonds is 6. The molecule has 0 radical (unpaired) electrons. The molecule has 2 aromatic carbocycles. The van der Waals surface area contributed by atoms with Crippen LogP contribution in [-0.2, 0) is 6.42 Å². The lowest BCUT2D eigenvalue weighted by molar-refractivity contribution is 0.102. The van der Waals surface area contributed by atoms with E-state index in [2.05, 4.69) is 56.5 Å². The van der Waals surface area contributed by atoms with Gasteiger partial charge < -0.3 is 10.2 Å². The van der Waals surface area contributed by atoms with Gasteiger partial charge in [0, 0.05) is 56.2 Å². The molecule has 1 aliphatic rings. The molecule has 0 spiro atoms. The number of fused-ring (bicyclic) bond motifs is 1. The zero-order valence-corrected chi connectivity index (χ0v) is 18.6. The second-order valence-corrected chi connectivity index (χ2v) is 8.78. The fraction of sp³-hybridized carbons (Fsp3) is 0.240. The van der Waals surface area contributed by atoms with Crippen LogP contribution in [0.25, 0.3) is 10.1 Å². The van der Waals surface area contributed by atoms with E-state index in [4.69, 9.17) is 4.37 Å². The minimum Gasteiger partial charge on any atom is -0.353 e. The lowest BCUT2D eigenvalue weighted by Gasteiger charge is -2.35. The molecule has 1 fully saturated rings. The number of benzene rings is 2. The van der Waals surface area contributed by atoms with E-state index >= 15 is 0 Å². The normalized spacial score (nSPS) is 14.6. The predicted molar refractivity (Wildman–Crippen MR) is 131 cm³/mol. The van der Waals surface area contributed by atoms with Gasteiger partial charge in [-0.15, -0.1) is 0 Å². The number of carbonyl (C=O) groups is 1. The molecular weight excluding hydrogens is 418 g/mol. The molecule has 0 unspecified atom stereocenters. The van der Waals surface area contributed by atoms with E-state index in [-0.39, 0.29) is 5.91 Å². The van der Waals surface area contributed by atoms with Crippen LogP contribution in [0, 0.1) is 0 Å². The maximum absolute atomic E-state index is 12.4. The van der Waals surface area contributed by atoms with Gasteiger partial charge >= 0.3 is 0 Å². The SMILES string of the molecule is O=C(Nc1cccc(CCN2CCN(c3nsc4ccccc34)CC2)c1)c1cccnc1. The van der Waals surface area contributed by atoms with E-state index in [0.717, 1.165) is 50.6 Å². The summed E-state index contributed by atoms with van der Waals surface area (Å²) in [7, 11) is 0. The van der Waals surface area contributed by atoms with Crippen molar-refractivity contribution in [2.75, 3.05) is 42.9 Å². The second-order valence-electron chi connectivity index (χ2n) is 7.98. The van der Waals surface area contributed by atoms with Crippen LogP contribution in [-0.4, -0.2) is 52.9 Å². The number of aromatic nitrogens is 2. The molecule has 2 aromatic heterocycles. The van der Waals surface area contributed by atoms with E-state index in [1.165, 1.54) is 15.6 Å². The van der Waals surface area contributed by atoms with Crippen LogP contribution >= 0.6 is 11.5 Å². The molecule has 1 amide bonds. The Kier molecular flexibility index (Phi) is 6.09. The highest BCUT2D eigenvalue weighted by Gasteiger charge is 2.20. The molecule has 0 atom stereocenters. The molecule has 5 rings (SSSR count). The molecule has 162 valence electrons. The van der Waals surface area contributed by atoms with Crippen LogP contribution in [0.3, 0.4) is 0 Å². The van der Waals surface area contributed by atoms with Gasteiger partial charge in [0.15, 0.2) is 0 Å². The first-order valence-electron chi connectivity index (χ1n) is 10.9. The van der Waals surface area contributed by atoms with Crippen molar-refractivity contribution in [1.82, 2.24) is 14.3 Å². The summed E-state index contributed by atoms with van der Waals surface area (Å²) in [4.78, 5) is 21.3. The van der Waals surface area contributed by atoms with Crippen LogP contribution in [0.1, 0.15) is 15.9 Å².